The summed E-state index contributed by atoms with van der Waals surface area (Å²) in [4.78, 5) is 0. The molecule has 3 heteroatoms. The molecule has 2 aromatic rings. The first kappa shape index (κ1) is 13.8. The number of halogens is 2. The number of hydrogen-bond acceptors (Lipinski definition) is 1. The summed E-state index contributed by atoms with van der Waals surface area (Å²) in [5, 5.41) is 3.38. The van der Waals surface area contributed by atoms with Gasteiger partial charge in [-0.2, -0.15) is 0 Å². The molecule has 20 heavy (non-hydrogen) atoms. The second-order valence-electron chi connectivity index (χ2n) is 5.61. The first-order valence-corrected chi connectivity index (χ1v) is 7.61. The monoisotopic (exact) mass is 333 g/mol. The highest BCUT2D eigenvalue weighted by Crippen LogP contribution is 2.37. The molecule has 1 saturated heterocycles. The molecule has 2 aromatic carbocycles. The van der Waals surface area contributed by atoms with Gasteiger partial charge in [0.2, 0.25) is 0 Å². The molecule has 0 aliphatic carbocycles. The highest BCUT2D eigenvalue weighted by molar-refractivity contribution is 9.10. The Labute approximate surface area is 127 Å². The van der Waals surface area contributed by atoms with Crippen LogP contribution in [0.25, 0.3) is 0 Å². The van der Waals surface area contributed by atoms with E-state index in [4.69, 9.17) is 0 Å². The third-order valence-electron chi connectivity index (χ3n) is 4.21. The molecule has 0 saturated carbocycles. The number of rotatable bonds is 3. The van der Waals surface area contributed by atoms with E-state index in [-0.39, 0.29) is 11.2 Å². The summed E-state index contributed by atoms with van der Waals surface area (Å²) in [5.41, 5.74) is 3.71. The fraction of sp³-hybridized carbons (Fsp3) is 0.294. The van der Waals surface area contributed by atoms with Gasteiger partial charge in [-0.3, -0.25) is 0 Å². The van der Waals surface area contributed by atoms with E-state index in [0.29, 0.717) is 0 Å². The average molecular weight is 334 g/mol. The summed E-state index contributed by atoms with van der Waals surface area (Å²) in [7, 11) is 0. The summed E-state index contributed by atoms with van der Waals surface area (Å²) in [5.74, 6) is -0.159. The van der Waals surface area contributed by atoms with Gasteiger partial charge in [0.25, 0.3) is 0 Å². The first-order valence-electron chi connectivity index (χ1n) is 6.81. The van der Waals surface area contributed by atoms with Crippen LogP contribution in [-0.4, -0.2) is 13.1 Å². The van der Waals surface area contributed by atoms with E-state index in [9.17, 15) is 4.39 Å². The van der Waals surface area contributed by atoms with Crippen molar-refractivity contribution in [3.05, 3.63) is 69.4 Å². The molecule has 1 heterocycles. The standard InChI is InChI=1S/C17H17BrFN/c1-12-8-14(19)7-6-13(12)9-17(10-20-11-17)15-4-2-3-5-16(15)18/h2-8,20H,9-11H2,1H3. The lowest BCUT2D eigenvalue weighted by molar-refractivity contribution is 0.273. The van der Waals surface area contributed by atoms with Crippen molar-refractivity contribution in [2.75, 3.05) is 13.1 Å². The maximum absolute atomic E-state index is 13.2. The zero-order valence-corrected chi connectivity index (χ0v) is 13.0. The van der Waals surface area contributed by atoms with E-state index in [1.807, 2.05) is 19.1 Å². The number of benzene rings is 2. The average Bonchev–Trinajstić information content (AvgIpc) is 2.37. The predicted molar refractivity (Wildman–Crippen MR) is 83.5 cm³/mol. The van der Waals surface area contributed by atoms with Crippen molar-refractivity contribution in [2.24, 2.45) is 0 Å². The van der Waals surface area contributed by atoms with Crippen LogP contribution in [-0.2, 0) is 11.8 Å². The van der Waals surface area contributed by atoms with Gasteiger partial charge in [-0.15, -0.1) is 0 Å². The Morgan fingerprint density at radius 3 is 2.55 bits per heavy atom. The molecule has 1 N–H and O–H groups in total. The van der Waals surface area contributed by atoms with E-state index >= 15 is 0 Å². The summed E-state index contributed by atoms with van der Waals surface area (Å²) >= 11 is 3.66. The summed E-state index contributed by atoms with van der Waals surface area (Å²) in [6.45, 7) is 3.91. The van der Waals surface area contributed by atoms with Crippen LogP contribution in [0.5, 0.6) is 0 Å². The van der Waals surface area contributed by atoms with Gasteiger partial charge >= 0.3 is 0 Å². The number of aryl methyl sites for hydroxylation is 1. The van der Waals surface area contributed by atoms with E-state index in [1.165, 1.54) is 11.1 Å². The third-order valence-corrected chi connectivity index (χ3v) is 4.90. The van der Waals surface area contributed by atoms with Gasteiger partial charge in [-0.05, 0) is 48.2 Å². The Bertz CT molecular complexity index is 635. The van der Waals surface area contributed by atoms with E-state index in [2.05, 4.69) is 39.4 Å². The fourth-order valence-corrected chi connectivity index (χ4v) is 3.66. The molecule has 0 atom stereocenters. The molecule has 0 bridgehead atoms. The largest absolute Gasteiger partial charge is 0.315 e. The molecule has 0 unspecified atom stereocenters. The lowest BCUT2D eigenvalue weighted by atomic mass is 9.70. The molecule has 1 aliphatic rings. The van der Waals surface area contributed by atoms with Crippen LogP contribution in [0.4, 0.5) is 4.39 Å². The normalized spacial score (nSPS) is 16.8. The Morgan fingerprint density at radius 2 is 1.95 bits per heavy atom. The second kappa shape index (κ2) is 5.30. The van der Waals surface area contributed by atoms with Crippen molar-refractivity contribution in [3.8, 4) is 0 Å². The summed E-state index contributed by atoms with van der Waals surface area (Å²) in [6.07, 6.45) is 0.939. The minimum Gasteiger partial charge on any atom is -0.315 e. The Morgan fingerprint density at radius 1 is 1.20 bits per heavy atom. The molecule has 104 valence electrons. The molecule has 3 rings (SSSR count). The molecule has 0 radical (unpaired) electrons. The third kappa shape index (κ3) is 2.40. The van der Waals surface area contributed by atoms with Crippen molar-refractivity contribution in [1.82, 2.24) is 5.32 Å². The molecule has 0 spiro atoms. The Balaban J connectivity index is 1.96. The summed E-state index contributed by atoms with van der Waals surface area (Å²) in [6, 6.07) is 13.5. The summed E-state index contributed by atoms with van der Waals surface area (Å²) < 4.78 is 14.4. The molecule has 0 amide bonds. The van der Waals surface area contributed by atoms with Crippen LogP contribution in [0.1, 0.15) is 16.7 Å². The van der Waals surface area contributed by atoms with Crippen LogP contribution in [0, 0.1) is 12.7 Å². The minimum atomic E-state index is -0.159. The van der Waals surface area contributed by atoms with E-state index in [1.54, 1.807) is 12.1 Å². The van der Waals surface area contributed by atoms with E-state index < -0.39 is 0 Å². The van der Waals surface area contributed by atoms with Crippen molar-refractivity contribution in [3.63, 3.8) is 0 Å². The number of nitrogens with one attached hydrogen (secondary N) is 1. The van der Waals surface area contributed by atoms with Gasteiger partial charge in [0.05, 0.1) is 0 Å². The van der Waals surface area contributed by atoms with Crippen LogP contribution in [0.2, 0.25) is 0 Å². The highest BCUT2D eigenvalue weighted by Gasteiger charge is 2.40. The second-order valence-corrected chi connectivity index (χ2v) is 6.47. The minimum absolute atomic E-state index is 0.114. The van der Waals surface area contributed by atoms with E-state index in [0.717, 1.165) is 29.5 Å². The van der Waals surface area contributed by atoms with Crippen molar-refractivity contribution in [2.45, 2.75) is 18.8 Å². The van der Waals surface area contributed by atoms with Gasteiger partial charge < -0.3 is 5.32 Å². The predicted octanol–water partition coefficient (Wildman–Crippen LogP) is 3.98. The van der Waals surface area contributed by atoms with Gasteiger partial charge in [0, 0.05) is 23.0 Å². The SMILES string of the molecule is Cc1cc(F)ccc1CC1(c2ccccc2Br)CNC1. The quantitative estimate of drug-likeness (QED) is 0.895. The van der Waals surface area contributed by atoms with Crippen LogP contribution in [0.15, 0.2) is 46.9 Å². The van der Waals surface area contributed by atoms with Gasteiger partial charge in [0.15, 0.2) is 0 Å². The topological polar surface area (TPSA) is 12.0 Å². The zero-order chi connectivity index (χ0) is 14.2. The van der Waals surface area contributed by atoms with Gasteiger partial charge in [-0.25, -0.2) is 4.39 Å². The van der Waals surface area contributed by atoms with Gasteiger partial charge in [-0.1, -0.05) is 40.2 Å². The molecule has 1 aliphatic heterocycles. The van der Waals surface area contributed by atoms with Crippen molar-refractivity contribution < 1.29 is 4.39 Å². The lowest BCUT2D eigenvalue weighted by Crippen LogP contribution is -2.58. The smallest absolute Gasteiger partial charge is 0.123 e. The lowest BCUT2D eigenvalue weighted by Gasteiger charge is -2.44. The maximum Gasteiger partial charge on any atom is 0.123 e. The zero-order valence-electron chi connectivity index (χ0n) is 11.4. The maximum atomic E-state index is 13.2. The van der Waals surface area contributed by atoms with Crippen LogP contribution < -0.4 is 5.32 Å². The Kier molecular flexibility index (Phi) is 3.65. The molecule has 1 nitrogen and oxygen atoms in total. The molecular weight excluding hydrogens is 317 g/mol. The van der Waals surface area contributed by atoms with Crippen molar-refractivity contribution in [1.29, 1.82) is 0 Å². The van der Waals surface area contributed by atoms with Gasteiger partial charge in [0.1, 0.15) is 5.82 Å². The molecular formula is C17H17BrFN. The molecule has 0 aromatic heterocycles. The number of hydrogen-bond donors (Lipinski definition) is 1. The van der Waals surface area contributed by atoms with Crippen LogP contribution in [0.3, 0.4) is 0 Å². The first-order chi connectivity index (χ1) is 9.61. The fourth-order valence-electron chi connectivity index (χ4n) is 2.95. The van der Waals surface area contributed by atoms with Crippen molar-refractivity contribution >= 4 is 15.9 Å². The van der Waals surface area contributed by atoms with Crippen LogP contribution >= 0.6 is 15.9 Å². The highest BCUT2D eigenvalue weighted by atomic mass is 79.9. The molecule has 1 fully saturated rings. The Hall–Kier alpha value is -1.19.